The van der Waals surface area contributed by atoms with E-state index in [1.165, 1.54) is 5.56 Å². The van der Waals surface area contributed by atoms with Crippen LogP contribution in [0.4, 0.5) is 0 Å². The normalized spacial score (nSPS) is 11.0. The van der Waals surface area contributed by atoms with E-state index in [2.05, 4.69) is 25.9 Å². The van der Waals surface area contributed by atoms with Gasteiger partial charge in [-0.1, -0.05) is 13.3 Å². The highest BCUT2D eigenvalue weighted by Gasteiger charge is 2.16. The van der Waals surface area contributed by atoms with Crippen molar-refractivity contribution >= 4 is 5.91 Å². The second kappa shape index (κ2) is 7.99. The van der Waals surface area contributed by atoms with Gasteiger partial charge in [-0.15, -0.1) is 0 Å². The van der Waals surface area contributed by atoms with E-state index in [-0.39, 0.29) is 5.91 Å². The minimum atomic E-state index is 0.153. The van der Waals surface area contributed by atoms with Crippen molar-refractivity contribution in [1.29, 1.82) is 0 Å². The van der Waals surface area contributed by atoms with Crippen molar-refractivity contribution in [1.82, 2.24) is 14.7 Å². The van der Waals surface area contributed by atoms with Crippen LogP contribution in [0.1, 0.15) is 48.9 Å². The summed E-state index contributed by atoms with van der Waals surface area (Å²) in [5.74, 6) is 0.983. The van der Waals surface area contributed by atoms with E-state index in [0.29, 0.717) is 19.5 Å². The van der Waals surface area contributed by atoms with E-state index in [1.54, 1.807) is 6.26 Å². The fourth-order valence-electron chi connectivity index (χ4n) is 2.60. The highest BCUT2D eigenvalue weighted by atomic mass is 16.3. The van der Waals surface area contributed by atoms with Crippen LogP contribution in [0.15, 0.2) is 22.8 Å². The maximum Gasteiger partial charge on any atom is 0.224 e. The van der Waals surface area contributed by atoms with Crippen LogP contribution < -0.4 is 0 Å². The Morgan fingerprint density at radius 2 is 2.13 bits per heavy atom. The van der Waals surface area contributed by atoms with Gasteiger partial charge >= 0.3 is 0 Å². The number of carbonyl (C=O) groups excluding carboxylic acids is 1. The molecule has 5 nitrogen and oxygen atoms in total. The van der Waals surface area contributed by atoms with Crippen LogP contribution in [0.5, 0.6) is 0 Å². The highest BCUT2D eigenvalue weighted by molar-refractivity contribution is 5.76. The van der Waals surface area contributed by atoms with Gasteiger partial charge in [-0.25, -0.2) is 0 Å². The molecule has 2 aromatic rings. The molecule has 0 aliphatic rings. The first kappa shape index (κ1) is 17.3. The van der Waals surface area contributed by atoms with Crippen LogP contribution in [-0.2, 0) is 17.9 Å². The smallest absolute Gasteiger partial charge is 0.224 e. The maximum atomic E-state index is 12.6. The molecule has 0 atom stereocenters. The number of amides is 1. The van der Waals surface area contributed by atoms with Gasteiger partial charge in [0.1, 0.15) is 5.76 Å². The van der Waals surface area contributed by atoms with Crippen molar-refractivity contribution in [2.75, 3.05) is 6.54 Å². The van der Waals surface area contributed by atoms with Crippen molar-refractivity contribution in [3.8, 4) is 0 Å². The average Bonchev–Trinajstić information content (AvgIpc) is 3.13. The Kier molecular flexibility index (Phi) is 6.02. The first-order chi connectivity index (χ1) is 11.0. The lowest BCUT2D eigenvalue weighted by Crippen LogP contribution is -2.32. The van der Waals surface area contributed by atoms with Gasteiger partial charge < -0.3 is 9.32 Å². The summed E-state index contributed by atoms with van der Waals surface area (Å²) in [5, 5.41) is 4.51. The van der Waals surface area contributed by atoms with Gasteiger partial charge in [-0.2, -0.15) is 5.10 Å². The molecule has 2 rings (SSSR count). The Balaban J connectivity index is 1.97. The largest absolute Gasteiger partial charge is 0.467 e. The molecule has 0 saturated heterocycles. The number of hydrogen-bond acceptors (Lipinski definition) is 3. The number of nitrogens with zero attached hydrogens (tertiary/aromatic N) is 3. The summed E-state index contributed by atoms with van der Waals surface area (Å²) in [7, 11) is 0. The first-order valence-corrected chi connectivity index (χ1v) is 8.33. The molecule has 2 aromatic heterocycles. The molecule has 126 valence electrons. The Morgan fingerprint density at radius 1 is 1.35 bits per heavy atom. The van der Waals surface area contributed by atoms with E-state index >= 15 is 0 Å². The van der Waals surface area contributed by atoms with Gasteiger partial charge in [0.05, 0.1) is 18.5 Å². The number of aryl methyl sites for hydroxylation is 2. The standard InChI is InChI=1S/C18H27N3O2/c1-5-6-10-20(13-17-8-7-12-23-17)18(22)9-11-21-16(4)14(2)15(3)19-21/h7-8,12H,5-6,9-11,13H2,1-4H3. The van der Waals surface area contributed by atoms with Crippen LogP contribution in [0.2, 0.25) is 0 Å². The molecule has 0 spiro atoms. The predicted molar refractivity (Wildman–Crippen MR) is 90.1 cm³/mol. The molecule has 0 N–H and O–H groups in total. The van der Waals surface area contributed by atoms with E-state index in [0.717, 1.165) is 36.5 Å². The number of carbonyl (C=O) groups is 1. The van der Waals surface area contributed by atoms with Crippen LogP contribution in [0.3, 0.4) is 0 Å². The molecule has 0 fully saturated rings. The summed E-state index contributed by atoms with van der Waals surface area (Å²) in [5.41, 5.74) is 3.38. The molecule has 0 saturated carbocycles. The van der Waals surface area contributed by atoms with Crippen molar-refractivity contribution in [2.24, 2.45) is 0 Å². The van der Waals surface area contributed by atoms with E-state index in [9.17, 15) is 4.79 Å². The number of furan rings is 1. The predicted octanol–water partition coefficient (Wildman–Crippen LogP) is 3.62. The van der Waals surface area contributed by atoms with Gasteiger partial charge in [0.25, 0.3) is 0 Å². The molecule has 5 heteroatoms. The quantitative estimate of drug-likeness (QED) is 0.747. The van der Waals surface area contributed by atoms with Gasteiger partial charge in [0, 0.05) is 25.2 Å². The third-order valence-corrected chi connectivity index (χ3v) is 4.34. The van der Waals surface area contributed by atoms with E-state index < -0.39 is 0 Å². The van der Waals surface area contributed by atoms with Crippen LogP contribution in [0.25, 0.3) is 0 Å². The number of aromatic nitrogens is 2. The second-order valence-corrected chi connectivity index (χ2v) is 6.02. The van der Waals surface area contributed by atoms with Gasteiger partial charge in [0.2, 0.25) is 5.91 Å². The molecule has 1 amide bonds. The minimum Gasteiger partial charge on any atom is -0.467 e. The SMILES string of the molecule is CCCCN(Cc1ccco1)C(=O)CCn1nc(C)c(C)c1C. The fraction of sp³-hybridized carbons (Fsp3) is 0.556. The molecule has 2 heterocycles. The van der Waals surface area contributed by atoms with Crippen molar-refractivity contribution in [3.63, 3.8) is 0 Å². The lowest BCUT2D eigenvalue weighted by Gasteiger charge is -2.21. The van der Waals surface area contributed by atoms with E-state index in [4.69, 9.17) is 4.42 Å². The molecule has 0 bridgehead atoms. The van der Waals surface area contributed by atoms with Gasteiger partial charge in [0.15, 0.2) is 0 Å². The zero-order valence-electron chi connectivity index (χ0n) is 14.6. The lowest BCUT2D eigenvalue weighted by molar-refractivity contribution is -0.132. The highest BCUT2D eigenvalue weighted by Crippen LogP contribution is 2.13. The average molecular weight is 317 g/mol. The van der Waals surface area contributed by atoms with Crippen LogP contribution in [-0.4, -0.2) is 27.1 Å². The number of hydrogen-bond donors (Lipinski definition) is 0. The number of rotatable bonds is 8. The molecule has 0 aliphatic carbocycles. The summed E-state index contributed by atoms with van der Waals surface area (Å²) in [4.78, 5) is 14.5. The molecule has 23 heavy (non-hydrogen) atoms. The molecule has 0 aromatic carbocycles. The van der Waals surface area contributed by atoms with Gasteiger partial charge in [-0.3, -0.25) is 9.48 Å². The monoisotopic (exact) mass is 317 g/mol. The van der Waals surface area contributed by atoms with Crippen LogP contribution >= 0.6 is 0 Å². The summed E-state index contributed by atoms with van der Waals surface area (Å²) < 4.78 is 7.32. The first-order valence-electron chi connectivity index (χ1n) is 8.33. The molecular formula is C18H27N3O2. The zero-order valence-corrected chi connectivity index (χ0v) is 14.6. The van der Waals surface area contributed by atoms with E-state index in [1.807, 2.05) is 28.6 Å². The van der Waals surface area contributed by atoms with Crippen LogP contribution in [0, 0.1) is 20.8 Å². The topological polar surface area (TPSA) is 51.3 Å². The van der Waals surface area contributed by atoms with Crippen molar-refractivity contribution in [2.45, 2.75) is 60.0 Å². The summed E-state index contributed by atoms with van der Waals surface area (Å²) in [6, 6.07) is 3.77. The molecule has 0 radical (unpaired) electrons. The summed E-state index contributed by atoms with van der Waals surface area (Å²) in [6.45, 7) is 10.2. The summed E-state index contributed by atoms with van der Waals surface area (Å²) >= 11 is 0. The lowest BCUT2D eigenvalue weighted by atomic mass is 10.2. The zero-order chi connectivity index (χ0) is 16.8. The van der Waals surface area contributed by atoms with Crippen molar-refractivity contribution in [3.05, 3.63) is 41.1 Å². The molecular weight excluding hydrogens is 290 g/mol. The molecule has 0 aliphatic heterocycles. The maximum absolute atomic E-state index is 12.6. The Morgan fingerprint density at radius 3 is 2.70 bits per heavy atom. The Labute approximate surface area is 138 Å². The molecule has 0 unspecified atom stereocenters. The third-order valence-electron chi connectivity index (χ3n) is 4.34. The Hall–Kier alpha value is -2.04. The third kappa shape index (κ3) is 4.47. The minimum absolute atomic E-state index is 0.153. The number of unbranched alkanes of at least 4 members (excludes halogenated alkanes) is 1. The Bertz CT molecular complexity index is 629. The fourth-order valence-corrected chi connectivity index (χ4v) is 2.60. The van der Waals surface area contributed by atoms with Gasteiger partial charge in [-0.05, 0) is 44.9 Å². The second-order valence-electron chi connectivity index (χ2n) is 6.02. The summed E-state index contributed by atoms with van der Waals surface area (Å²) in [6.07, 6.45) is 4.19. The van der Waals surface area contributed by atoms with Crippen molar-refractivity contribution < 1.29 is 9.21 Å².